The van der Waals surface area contributed by atoms with Crippen LogP contribution in [0.1, 0.15) is 70.7 Å². The third-order valence-corrected chi connectivity index (χ3v) is 8.66. The number of piperidine rings is 1. The van der Waals surface area contributed by atoms with E-state index in [0.717, 1.165) is 25.9 Å². The minimum atomic E-state index is -3.75. The van der Waals surface area contributed by atoms with E-state index < -0.39 is 21.1 Å². The van der Waals surface area contributed by atoms with Gasteiger partial charge < -0.3 is 20.6 Å². The van der Waals surface area contributed by atoms with E-state index in [-0.39, 0.29) is 17.4 Å². The number of carbonyl (C=O) groups is 1. The Morgan fingerprint density at radius 2 is 1.73 bits per heavy atom. The van der Waals surface area contributed by atoms with Gasteiger partial charge in [-0.05, 0) is 96.0 Å². The first-order valence-corrected chi connectivity index (χ1v) is 14.3. The number of benzene rings is 1. The summed E-state index contributed by atoms with van der Waals surface area (Å²) in [6.07, 6.45) is 4.71. The lowest BCUT2D eigenvalue weighted by atomic mass is 9.93. The molecular weight excluding hydrogens is 490 g/mol. The van der Waals surface area contributed by atoms with Crippen LogP contribution in [0.3, 0.4) is 0 Å². The number of nitrogens with zero attached hydrogens (tertiary/aromatic N) is 2. The summed E-state index contributed by atoms with van der Waals surface area (Å²) in [6.45, 7) is 10.7. The second kappa shape index (κ2) is 9.89. The Hall–Kier alpha value is -2.69. The second-order valence-corrected chi connectivity index (χ2v) is 13.7. The summed E-state index contributed by atoms with van der Waals surface area (Å²) in [5, 5.41) is 15.8. The summed E-state index contributed by atoms with van der Waals surface area (Å²) in [5.74, 6) is 0.809. The number of amides is 1. The molecule has 0 atom stereocenters. The molecule has 1 saturated carbocycles. The number of nitrogens with one attached hydrogen (secondary N) is 3. The van der Waals surface area contributed by atoms with Crippen LogP contribution >= 0.6 is 0 Å². The van der Waals surface area contributed by atoms with Gasteiger partial charge in [0.05, 0.1) is 22.6 Å². The highest BCUT2D eigenvalue weighted by Crippen LogP contribution is 2.54. The number of carbonyl (C=O) groups excluding carboxylic acids is 1. The number of aliphatic hydroxyl groups is 1. The van der Waals surface area contributed by atoms with Crippen LogP contribution in [-0.4, -0.2) is 55.2 Å². The van der Waals surface area contributed by atoms with Crippen molar-refractivity contribution in [3.05, 3.63) is 42.0 Å². The Bertz CT molecular complexity index is 1260. The fraction of sp³-hybridized carbons (Fsp3) is 0.556. The predicted molar refractivity (Wildman–Crippen MR) is 147 cm³/mol. The summed E-state index contributed by atoms with van der Waals surface area (Å²) in [6, 6.07) is 9.69. The Balaban J connectivity index is 1.60. The lowest BCUT2D eigenvalue weighted by Gasteiger charge is -2.34. The quantitative estimate of drug-likeness (QED) is 0.408. The molecule has 2 heterocycles. The van der Waals surface area contributed by atoms with Crippen molar-refractivity contribution in [1.82, 2.24) is 9.71 Å². The van der Waals surface area contributed by atoms with Crippen molar-refractivity contribution in [2.24, 2.45) is 5.41 Å². The number of hydrogen-bond acceptors (Lipinski definition) is 7. The first-order valence-electron chi connectivity index (χ1n) is 12.8. The highest BCUT2D eigenvalue weighted by atomic mass is 32.2. The van der Waals surface area contributed by atoms with Crippen LogP contribution in [0.15, 0.2) is 41.3 Å². The van der Waals surface area contributed by atoms with E-state index >= 15 is 0 Å². The third-order valence-electron chi connectivity index (χ3n) is 6.90. The maximum Gasteiger partial charge on any atom is 0.259 e. The molecule has 1 spiro atoms. The molecule has 9 nitrogen and oxygen atoms in total. The molecule has 0 radical (unpaired) electrons. The van der Waals surface area contributed by atoms with Crippen molar-refractivity contribution in [2.45, 2.75) is 76.3 Å². The Morgan fingerprint density at radius 3 is 2.32 bits per heavy atom. The van der Waals surface area contributed by atoms with E-state index in [4.69, 9.17) is 4.98 Å². The molecule has 1 amide bonds. The summed E-state index contributed by atoms with van der Waals surface area (Å²) >= 11 is 0. The third kappa shape index (κ3) is 6.80. The molecule has 2 fully saturated rings. The van der Waals surface area contributed by atoms with Crippen molar-refractivity contribution in [3.63, 3.8) is 0 Å². The van der Waals surface area contributed by atoms with Crippen LogP contribution in [0, 0.1) is 5.41 Å². The number of sulfonamides is 1. The van der Waals surface area contributed by atoms with Crippen LogP contribution in [-0.2, 0) is 10.0 Å². The number of rotatable bonds is 8. The van der Waals surface area contributed by atoms with Gasteiger partial charge in [-0.2, -0.15) is 0 Å². The van der Waals surface area contributed by atoms with Gasteiger partial charge in [0.2, 0.25) is 10.0 Å². The van der Waals surface area contributed by atoms with Gasteiger partial charge in [-0.25, -0.2) is 18.1 Å². The first kappa shape index (κ1) is 27.3. The van der Waals surface area contributed by atoms with E-state index in [2.05, 4.69) is 20.3 Å². The van der Waals surface area contributed by atoms with Gasteiger partial charge in [-0.1, -0.05) is 6.07 Å². The van der Waals surface area contributed by atoms with Gasteiger partial charge >= 0.3 is 0 Å². The monoisotopic (exact) mass is 529 g/mol. The zero-order chi connectivity index (χ0) is 27.1. The first-order chi connectivity index (χ1) is 17.2. The standard InChI is InChI=1S/C27H39N5O4S/c1-25(2,3)31-37(35,36)20-8-6-7-19(17-20)28-24(34)21-9-10-22(30-26(4,5)18-33)29-23(21)32-15-13-27(11-12-27)14-16-32/h6-10,17,31,33H,11-16,18H2,1-5H3,(H,28,34)(H,29,30). The molecule has 2 aliphatic rings. The fourth-order valence-corrected chi connectivity index (χ4v) is 6.06. The molecule has 1 aromatic heterocycles. The number of aromatic nitrogens is 1. The van der Waals surface area contributed by atoms with Crippen molar-refractivity contribution >= 4 is 33.3 Å². The normalized spacial score (nSPS) is 17.5. The molecule has 1 saturated heterocycles. The maximum atomic E-state index is 13.5. The van der Waals surface area contributed by atoms with E-state index in [0.29, 0.717) is 28.3 Å². The van der Waals surface area contributed by atoms with Crippen molar-refractivity contribution < 1.29 is 18.3 Å². The highest BCUT2D eigenvalue weighted by Gasteiger charge is 2.45. The molecule has 0 unspecified atom stereocenters. The van der Waals surface area contributed by atoms with Gasteiger partial charge in [-0.15, -0.1) is 0 Å². The maximum absolute atomic E-state index is 13.5. The lowest BCUT2D eigenvalue weighted by Crippen LogP contribution is -2.40. The van der Waals surface area contributed by atoms with Crippen molar-refractivity contribution in [3.8, 4) is 0 Å². The number of aliphatic hydroxyl groups excluding tert-OH is 1. The fourth-order valence-electron chi connectivity index (χ4n) is 4.59. The van der Waals surface area contributed by atoms with Crippen LogP contribution in [0.2, 0.25) is 0 Å². The molecule has 202 valence electrons. The Kier molecular flexibility index (Phi) is 7.31. The smallest absolute Gasteiger partial charge is 0.259 e. The van der Waals surface area contributed by atoms with Crippen molar-refractivity contribution in [2.75, 3.05) is 35.2 Å². The zero-order valence-electron chi connectivity index (χ0n) is 22.4. The largest absolute Gasteiger partial charge is 0.394 e. The van der Waals surface area contributed by atoms with Gasteiger partial charge in [0.1, 0.15) is 11.6 Å². The predicted octanol–water partition coefficient (Wildman–Crippen LogP) is 3.97. The van der Waals surface area contributed by atoms with Crippen molar-refractivity contribution in [1.29, 1.82) is 0 Å². The van der Waals surface area contributed by atoms with Crippen LogP contribution < -0.4 is 20.3 Å². The van der Waals surface area contributed by atoms with E-state index in [9.17, 15) is 18.3 Å². The topological polar surface area (TPSA) is 124 Å². The average molecular weight is 530 g/mol. The van der Waals surface area contributed by atoms with E-state index in [1.807, 2.05) is 13.8 Å². The molecule has 2 aromatic rings. The molecule has 0 bridgehead atoms. The minimum absolute atomic E-state index is 0.0677. The number of anilines is 3. The van der Waals surface area contributed by atoms with Crippen LogP contribution in [0.5, 0.6) is 0 Å². The molecule has 1 aromatic carbocycles. The summed E-state index contributed by atoms with van der Waals surface area (Å²) < 4.78 is 28.2. The SMILES string of the molecule is CC(C)(C)NS(=O)(=O)c1cccc(NC(=O)c2ccc(NC(C)(C)CO)nc2N2CCC3(CC2)CC3)c1. The van der Waals surface area contributed by atoms with Gasteiger partial charge in [-0.3, -0.25) is 4.79 Å². The van der Waals surface area contributed by atoms with Gasteiger partial charge in [0.25, 0.3) is 5.91 Å². The molecule has 37 heavy (non-hydrogen) atoms. The minimum Gasteiger partial charge on any atom is -0.394 e. The van der Waals surface area contributed by atoms with Crippen LogP contribution in [0.25, 0.3) is 0 Å². The summed E-state index contributed by atoms with van der Waals surface area (Å²) in [4.78, 5) is 20.5. The number of hydrogen-bond donors (Lipinski definition) is 4. The highest BCUT2D eigenvalue weighted by molar-refractivity contribution is 7.89. The summed E-state index contributed by atoms with van der Waals surface area (Å²) in [7, 11) is -3.75. The lowest BCUT2D eigenvalue weighted by molar-refractivity contribution is 0.102. The molecule has 4 rings (SSSR count). The molecule has 1 aliphatic heterocycles. The van der Waals surface area contributed by atoms with E-state index in [1.54, 1.807) is 45.0 Å². The van der Waals surface area contributed by atoms with E-state index in [1.165, 1.54) is 25.0 Å². The number of pyridine rings is 1. The average Bonchev–Trinajstić information content (AvgIpc) is 3.56. The Morgan fingerprint density at radius 1 is 1.05 bits per heavy atom. The van der Waals surface area contributed by atoms with Gasteiger partial charge in [0, 0.05) is 24.3 Å². The second-order valence-electron chi connectivity index (χ2n) is 12.1. The Labute approximate surface area is 220 Å². The molecule has 4 N–H and O–H groups in total. The van der Waals surface area contributed by atoms with Crippen LogP contribution in [0.4, 0.5) is 17.3 Å². The molecule has 1 aliphatic carbocycles. The summed E-state index contributed by atoms with van der Waals surface area (Å²) in [5.41, 5.74) is 0.0703. The molecular formula is C27H39N5O4S. The molecule has 10 heteroatoms. The van der Waals surface area contributed by atoms with Gasteiger partial charge in [0.15, 0.2) is 0 Å². The zero-order valence-corrected chi connectivity index (χ0v) is 23.2.